The fourth-order valence-electron chi connectivity index (χ4n) is 2.75. The maximum absolute atomic E-state index is 12.9. The molecule has 33 heavy (non-hydrogen) atoms. The van der Waals surface area contributed by atoms with Crippen LogP contribution in [0.3, 0.4) is 0 Å². The number of nitrogens with zero attached hydrogens (tertiary/aromatic N) is 2. The lowest BCUT2D eigenvalue weighted by Gasteiger charge is -2.12. The van der Waals surface area contributed by atoms with Crippen LogP contribution in [0.2, 0.25) is 0 Å². The summed E-state index contributed by atoms with van der Waals surface area (Å²) in [4.78, 5) is 46.4. The van der Waals surface area contributed by atoms with Crippen molar-refractivity contribution in [2.24, 2.45) is 0 Å². The molecule has 0 bridgehead atoms. The molecule has 166 valence electrons. The summed E-state index contributed by atoms with van der Waals surface area (Å²) in [6.45, 7) is 0. The molecular weight excluding hydrogens is 496 g/mol. The number of non-ortho nitro benzene ring substituents is 2. The Kier molecular flexibility index (Phi) is 7.26. The highest BCUT2D eigenvalue weighted by Gasteiger charge is 2.18. The van der Waals surface area contributed by atoms with Crippen LogP contribution in [0.1, 0.15) is 15.9 Å². The third-order valence-electron chi connectivity index (χ3n) is 4.34. The lowest BCUT2D eigenvalue weighted by atomic mass is 10.1. The van der Waals surface area contributed by atoms with Crippen LogP contribution in [0.15, 0.2) is 83.0 Å². The van der Waals surface area contributed by atoms with E-state index in [9.17, 15) is 29.8 Å². The van der Waals surface area contributed by atoms with Crippen LogP contribution in [-0.4, -0.2) is 21.7 Å². The van der Waals surface area contributed by atoms with Crippen LogP contribution in [0, 0.1) is 20.2 Å². The molecule has 0 saturated carbocycles. The SMILES string of the molecule is O=C(Nc1cccc([N+](=O)[O-])c1)/C(=C\c1ccc([N+](=O)[O-])cc1)NC(=O)c1ccccc1Br. The minimum absolute atomic E-state index is 0.132. The zero-order valence-electron chi connectivity index (χ0n) is 16.7. The van der Waals surface area contributed by atoms with Crippen LogP contribution in [0.5, 0.6) is 0 Å². The van der Waals surface area contributed by atoms with Crippen LogP contribution in [0.4, 0.5) is 17.1 Å². The average Bonchev–Trinajstić information content (AvgIpc) is 2.79. The second-order valence-electron chi connectivity index (χ2n) is 6.60. The normalized spacial score (nSPS) is 10.9. The van der Waals surface area contributed by atoms with Gasteiger partial charge in [-0.3, -0.25) is 29.8 Å². The molecular formula is C22H15BrN4O6. The van der Waals surface area contributed by atoms with E-state index in [1.54, 1.807) is 24.3 Å². The van der Waals surface area contributed by atoms with Crippen LogP contribution in [0.25, 0.3) is 6.08 Å². The van der Waals surface area contributed by atoms with Gasteiger partial charge in [-0.15, -0.1) is 0 Å². The van der Waals surface area contributed by atoms with E-state index in [0.717, 1.165) is 0 Å². The predicted molar refractivity (Wildman–Crippen MR) is 124 cm³/mol. The molecule has 0 radical (unpaired) electrons. The molecule has 0 atom stereocenters. The number of hydrogen-bond acceptors (Lipinski definition) is 6. The van der Waals surface area contributed by atoms with E-state index in [-0.39, 0.29) is 28.3 Å². The van der Waals surface area contributed by atoms with Crippen molar-refractivity contribution in [1.29, 1.82) is 0 Å². The van der Waals surface area contributed by atoms with Crippen molar-refractivity contribution in [3.8, 4) is 0 Å². The van der Waals surface area contributed by atoms with Gasteiger partial charge in [-0.1, -0.05) is 18.2 Å². The van der Waals surface area contributed by atoms with E-state index in [1.165, 1.54) is 54.6 Å². The molecule has 3 aromatic rings. The summed E-state index contributed by atoms with van der Waals surface area (Å²) in [6.07, 6.45) is 1.34. The van der Waals surface area contributed by atoms with Gasteiger partial charge < -0.3 is 10.6 Å². The summed E-state index contributed by atoms with van der Waals surface area (Å²) >= 11 is 3.28. The molecule has 2 amide bonds. The molecule has 0 heterocycles. The number of carbonyl (C=O) groups excluding carboxylic acids is 2. The Morgan fingerprint density at radius 3 is 2.15 bits per heavy atom. The molecule has 0 fully saturated rings. The number of amides is 2. The fourth-order valence-corrected chi connectivity index (χ4v) is 3.21. The Bertz CT molecular complexity index is 1270. The summed E-state index contributed by atoms with van der Waals surface area (Å²) in [5.41, 5.74) is 0.320. The highest BCUT2D eigenvalue weighted by Crippen LogP contribution is 2.20. The van der Waals surface area contributed by atoms with Gasteiger partial charge in [0.1, 0.15) is 5.70 Å². The minimum Gasteiger partial charge on any atom is -0.320 e. The van der Waals surface area contributed by atoms with Crippen molar-refractivity contribution < 1.29 is 19.4 Å². The summed E-state index contributed by atoms with van der Waals surface area (Å²) in [6, 6.07) is 17.3. The first-order valence-corrected chi connectivity index (χ1v) is 10.1. The number of carbonyl (C=O) groups is 2. The smallest absolute Gasteiger partial charge is 0.272 e. The monoisotopic (exact) mass is 510 g/mol. The van der Waals surface area contributed by atoms with Crippen molar-refractivity contribution >= 4 is 50.9 Å². The Balaban J connectivity index is 1.93. The fraction of sp³-hybridized carbons (Fsp3) is 0. The van der Waals surface area contributed by atoms with E-state index < -0.39 is 21.7 Å². The first-order chi connectivity index (χ1) is 15.7. The number of benzene rings is 3. The molecule has 3 rings (SSSR count). The first-order valence-electron chi connectivity index (χ1n) is 9.32. The van der Waals surface area contributed by atoms with Gasteiger partial charge in [-0.05, 0) is 57.9 Å². The van der Waals surface area contributed by atoms with Crippen LogP contribution < -0.4 is 10.6 Å². The Morgan fingerprint density at radius 1 is 0.848 bits per heavy atom. The molecule has 11 heteroatoms. The van der Waals surface area contributed by atoms with E-state index in [1.807, 2.05) is 0 Å². The highest BCUT2D eigenvalue weighted by molar-refractivity contribution is 9.10. The number of anilines is 1. The van der Waals surface area contributed by atoms with Crippen molar-refractivity contribution in [1.82, 2.24) is 5.32 Å². The Labute approximate surface area is 195 Å². The molecule has 3 aromatic carbocycles. The summed E-state index contributed by atoms with van der Waals surface area (Å²) < 4.78 is 0.510. The van der Waals surface area contributed by atoms with Gasteiger partial charge in [-0.2, -0.15) is 0 Å². The van der Waals surface area contributed by atoms with E-state index >= 15 is 0 Å². The minimum atomic E-state index is -0.741. The van der Waals surface area contributed by atoms with E-state index in [0.29, 0.717) is 10.0 Å². The maximum atomic E-state index is 12.9. The lowest BCUT2D eigenvalue weighted by molar-refractivity contribution is -0.385. The third-order valence-corrected chi connectivity index (χ3v) is 5.03. The summed E-state index contributed by atoms with van der Waals surface area (Å²) in [7, 11) is 0. The van der Waals surface area contributed by atoms with Crippen LogP contribution in [-0.2, 0) is 4.79 Å². The Hall–Kier alpha value is -4.38. The lowest BCUT2D eigenvalue weighted by Crippen LogP contribution is -2.31. The quantitative estimate of drug-likeness (QED) is 0.268. The summed E-state index contributed by atoms with van der Waals surface area (Å²) in [5.74, 6) is -1.32. The van der Waals surface area contributed by atoms with E-state index in [4.69, 9.17) is 0 Å². The van der Waals surface area contributed by atoms with Crippen molar-refractivity contribution in [3.63, 3.8) is 0 Å². The topological polar surface area (TPSA) is 144 Å². The number of hydrogen-bond donors (Lipinski definition) is 2. The second-order valence-corrected chi connectivity index (χ2v) is 7.46. The Morgan fingerprint density at radius 2 is 1.52 bits per heavy atom. The number of halogens is 1. The van der Waals surface area contributed by atoms with Gasteiger partial charge in [0, 0.05) is 34.4 Å². The number of rotatable bonds is 7. The molecule has 0 aliphatic carbocycles. The van der Waals surface area contributed by atoms with Gasteiger partial charge in [0.25, 0.3) is 23.2 Å². The molecule has 0 spiro atoms. The van der Waals surface area contributed by atoms with Crippen molar-refractivity contribution in [2.75, 3.05) is 5.32 Å². The third kappa shape index (κ3) is 6.08. The van der Waals surface area contributed by atoms with Crippen LogP contribution >= 0.6 is 15.9 Å². The largest absolute Gasteiger partial charge is 0.320 e. The van der Waals surface area contributed by atoms with Gasteiger partial charge in [-0.25, -0.2) is 0 Å². The number of nitro benzene ring substituents is 2. The second kappa shape index (κ2) is 10.3. The average molecular weight is 511 g/mol. The zero-order chi connectivity index (χ0) is 24.0. The van der Waals surface area contributed by atoms with Crippen molar-refractivity contribution in [2.45, 2.75) is 0 Å². The molecule has 10 nitrogen and oxygen atoms in total. The molecule has 2 N–H and O–H groups in total. The summed E-state index contributed by atoms with van der Waals surface area (Å²) in [5, 5.41) is 26.9. The highest BCUT2D eigenvalue weighted by atomic mass is 79.9. The first kappa shape index (κ1) is 23.3. The standard InChI is InChI=1S/C22H15BrN4O6/c23-19-7-2-1-6-18(19)21(28)25-20(12-14-8-10-16(11-9-14)26(30)31)22(29)24-15-4-3-5-17(13-15)27(32)33/h1-13H,(H,24,29)(H,25,28)/b20-12+. The molecule has 0 aromatic heterocycles. The van der Waals surface area contributed by atoms with Gasteiger partial charge in [0.05, 0.1) is 15.4 Å². The molecule has 0 unspecified atom stereocenters. The van der Waals surface area contributed by atoms with Gasteiger partial charge >= 0.3 is 0 Å². The number of nitro groups is 2. The van der Waals surface area contributed by atoms with E-state index in [2.05, 4.69) is 26.6 Å². The molecule has 0 saturated heterocycles. The molecule has 0 aliphatic heterocycles. The van der Waals surface area contributed by atoms with Gasteiger partial charge in [0.15, 0.2) is 0 Å². The maximum Gasteiger partial charge on any atom is 0.272 e. The van der Waals surface area contributed by atoms with Gasteiger partial charge in [0.2, 0.25) is 0 Å². The predicted octanol–water partition coefficient (Wildman–Crippen LogP) is 4.68. The number of nitrogens with one attached hydrogen (secondary N) is 2. The molecule has 0 aliphatic rings. The zero-order valence-corrected chi connectivity index (χ0v) is 18.3. The van der Waals surface area contributed by atoms with Crippen molar-refractivity contribution in [3.05, 3.63) is 114 Å².